The number of halogens is 1. The van der Waals surface area contributed by atoms with E-state index in [4.69, 9.17) is 4.74 Å². The molecule has 0 saturated carbocycles. The highest BCUT2D eigenvalue weighted by Gasteiger charge is 2.04. The number of aromatic nitrogens is 2. The Morgan fingerprint density at radius 3 is 2.79 bits per heavy atom. The summed E-state index contributed by atoms with van der Waals surface area (Å²) in [6.07, 6.45) is 3.23. The van der Waals surface area contributed by atoms with Gasteiger partial charge in [0.05, 0.1) is 19.5 Å². The van der Waals surface area contributed by atoms with Crippen LogP contribution in [0.15, 0.2) is 30.6 Å². The van der Waals surface area contributed by atoms with E-state index < -0.39 is 5.82 Å². The van der Waals surface area contributed by atoms with E-state index in [1.165, 1.54) is 13.2 Å². The van der Waals surface area contributed by atoms with Gasteiger partial charge in [0.15, 0.2) is 17.4 Å². The maximum absolute atomic E-state index is 13.3. The molecule has 0 aliphatic heterocycles. The minimum atomic E-state index is -0.402. The summed E-state index contributed by atoms with van der Waals surface area (Å²) in [5.41, 5.74) is 0.682. The molecule has 0 fully saturated rings. The van der Waals surface area contributed by atoms with E-state index in [9.17, 15) is 4.39 Å². The fourth-order valence-electron chi connectivity index (χ4n) is 1.58. The third kappa shape index (κ3) is 3.31. The van der Waals surface area contributed by atoms with Crippen LogP contribution in [0.5, 0.6) is 5.75 Å². The lowest BCUT2D eigenvalue weighted by molar-refractivity contribution is 0.387. The molecule has 0 spiro atoms. The van der Waals surface area contributed by atoms with Crippen LogP contribution in [0, 0.1) is 5.82 Å². The van der Waals surface area contributed by atoms with Gasteiger partial charge in [-0.25, -0.2) is 9.37 Å². The summed E-state index contributed by atoms with van der Waals surface area (Å²) in [7, 11) is 1.42. The molecule has 0 aliphatic carbocycles. The van der Waals surface area contributed by atoms with Crippen LogP contribution >= 0.6 is 0 Å². The van der Waals surface area contributed by atoms with E-state index in [0.717, 1.165) is 6.54 Å². The van der Waals surface area contributed by atoms with Crippen LogP contribution in [0.3, 0.4) is 0 Å². The first-order chi connectivity index (χ1) is 9.22. The zero-order valence-electron chi connectivity index (χ0n) is 10.8. The first kappa shape index (κ1) is 13.1. The normalized spacial score (nSPS) is 10.1. The summed E-state index contributed by atoms with van der Waals surface area (Å²) in [5, 5.41) is 6.11. The Morgan fingerprint density at radius 1 is 1.26 bits per heavy atom. The average Bonchev–Trinajstić information content (AvgIpc) is 2.42. The van der Waals surface area contributed by atoms with Gasteiger partial charge in [-0.3, -0.25) is 4.98 Å². The molecule has 1 heterocycles. The highest BCUT2D eigenvalue weighted by atomic mass is 19.1. The van der Waals surface area contributed by atoms with Crippen LogP contribution < -0.4 is 15.4 Å². The van der Waals surface area contributed by atoms with Crippen LogP contribution in [-0.4, -0.2) is 23.6 Å². The first-order valence-electron chi connectivity index (χ1n) is 5.89. The number of hydrogen-bond donors (Lipinski definition) is 2. The number of methoxy groups -OCH3 is 1. The van der Waals surface area contributed by atoms with Gasteiger partial charge in [-0.05, 0) is 19.1 Å². The molecule has 0 amide bonds. The lowest BCUT2D eigenvalue weighted by atomic mass is 10.3. The molecule has 0 radical (unpaired) electrons. The molecule has 1 aromatic heterocycles. The lowest BCUT2D eigenvalue weighted by Crippen LogP contribution is -2.02. The monoisotopic (exact) mass is 262 g/mol. The van der Waals surface area contributed by atoms with E-state index >= 15 is 0 Å². The Morgan fingerprint density at radius 2 is 2.05 bits per heavy atom. The fraction of sp³-hybridized carbons (Fsp3) is 0.231. The van der Waals surface area contributed by atoms with Crippen molar-refractivity contribution >= 4 is 17.3 Å². The van der Waals surface area contributed by atoms with Crippen LogP contribution in [-0.2, 0) is 0 Å². The summed E-state index contributed by atoms with van der Waals surface area (Å²) in [4.78, 5) is 8.38. The molecule has 19 heavy (non-hydrogen) atoms. The summed E-state index contributed by atoms with van der Waals surface area (Å²) >= 11 is 0. The van der Waals surface area contributed by atoms with Crippen LogP contribution in [0.25, 0.3) is 0 Å². The molecular weight excluding hydrogens is 247 g/mol. The van der Waals surface area contributed by atoms with Crippen LogP contribution in [0.4, 0.5) is 21.7 Å². The number of rotatable bonds is 5. The molecular formula is C13H15FN4O. The van der Waals surface area contributed by atoms with E-state index in [1.54, 1.807) is 24.5 Å². The zero-order valence-corrected chi connectivity index (χ0v) is 10.8. The predicted octanol–water partition coefficient (Wildman–Crippen LogP) is 2.80. The number of hydrogen-bond acceptors (Lipinski definition) is 5. The summed E-state index contributed by atoms with van der Waals surface area (Å²) in [6.45, 7) is 2.75. The van der Waals surface area contributed by atoms with Crippen molar-refractivity contribution in [1.29, 1.82) is 0 Å². The van der Waals surface area contributed by atoms with E-state index in [2.05, 4.69) is 20.6 Å². The maximum Gasteiger partial charge on any atom is 0.165 e. The number of ether oxygens (including phenoxy) is 1. The van der Waals surface area contributed by atoms with Gasteiger partial charge in [-0.1, -0.05) is 0 Å². The Labute approximate surface area is 110 Å². The SMILES string of the molecule is CCNc1cncc(Nc2ccc(F)c(OC)c2)n1. The smallest absolute Gasteiger partial charge is 0.165 e. The minimum absolute atomic E-state index is 0.181. The van der Waals surface area contributed by atoms with E-state index in [-0.39, 0.29) is 5.75 Å². The van der Waals surface area contributed by atoms with Gasteiger partial charge in [0.1, 0.15) is 5.82 Å². The highest BCUT2D eigenvalue weighted by Crippen LogP contribution is 2.23. The minimum Gasteiger partial charge on any atom is -0.494 e. The number of anilines is 3. The molecule has 100 valence electrons. The van der Waals surface area contributed by atoms with Crippen molar-refractivity contribution in [2.75, 3.05) is 24.3 Å². The van der Waals surface area contributed by atoms with Crippen molar-refractivity contribution in [3.63, 3.8) is 0 Å². The molecule has 5 nitrogen and oxygen atoms in total. The van der Waals surface area contributed by atoms with Gasteiger partial charge in [0, 0.05) is 18.3 Å². The topological polar surface area (TPSA) is 59.1 Å². The molecule has 0 bridgehead atoms. The van der Waals surface area contributed by atoms with Crippen molar-refractivity contribution in [2.45, 2.75) is 6.92 Å². The number of nitrogens with one attached hydrogen (secondary N) is 2. The van der Waals surface area contributed by atoms with Crippen molar-refractivity contribution in [3.8, 4) is 5.75 Å². The Bertz CT molecular complexity index is 562. The molecule has 2 rings (SSSR count). The van der Waals surface area contributed by atoms with Gasteiger partial charge in [-0.15, -0.1) is 0 Å². The Kier molecular flexibility index (Phi) is 4.12. The second-order valence-electron chi connectivity index (χ2n) is 3.79. The maximum atomic E-state index is 13.3. The van der Waals surface area contributed by atoms with Crippen molar-refractivity contribution < 1.29 is 9.13 Å². The van der Waals surface area contributed by atoms with E-state index in [0.29, 0.717) is 17.3 Å². The largest absolute Gasteiger partial charge is 0.494 e. The van der Waals surface area contributed by atoms with Crippen molar-refractivity contribution in [1.82, 2.24) is 9.97 Å². The molecule has 0 atom stereocenters. The molecule has 0 unspecified atom stereocenters. The second-order valence-corrected chi connectivity index (χ2v) is 3.79. The standard InChI is InChI=1S/C13H15FN4O/c1-3-16-12-7-15-8-13(18-12)17-9-4-5-10(14)11(6-9)19-2/h4-8H,3H2,1-2H3,(H2,16,17,18). The van der Waals surface area contributed by atoms with Gasteiger partial charge < -0.3 is 15.4 Å². The third-order valence-corrected chi connectivity index (χ3v) is 2.42. The van der Waals surface area contributed by atoms with Gasteiger partial charge >= 0.3 is 0 Å². The lowest BCUT2D eigenvalue weighted by Gasteiger charge is -2.09. The quantitative estimate of drug-likeness (QED) is 0.867. The molecule has 2 aromatic rings. The summed E-state index contributed by atoms with van der Waals surface area (Å²) in [5.74, 6) is 1.04. The zero-order chi connectivity index (χ0) is 13.7. The summed E-state index contributed by atoms with van der Waals surface area (Å²) < 4.78 is 18.2. The van der Waals surface area contributed by atoms with Gasteiger partial charge in [0.2, 0.25) is 0 Å². The van der Waals surface area contributed by atoms with Crippen molar-refractivity contribution in [2.24, 2.45) is 0 Å². The van der Waals surface area contributed by atoms with Gasteiger partial charge in [0.25, 0.3) is 0 Å². The predicted molar refractivity (Wildman–Crippen MR) is 72.4 cm³/mol. The van der Waals surface area contributed by atoms with E-state index in [1.807, 2.05) is 6.92 Å². The fourth-order valence-corrected chi connectivity index (χ4v) is 1.58. The van der Waals surface area contributed by atoms with Gasteiger partial charge in [-0.2, -0.15) is 0 Å². The Balaban J connectivity index is 2.18. The number of benzene rings is 1. The molecule has 2 N–H and O–H groups in total. The Hall–Kier alpha value is -2.37. The molecule has 6 heteroatoms. The van der Waals surface area contributed by atoms with Crippen molar-refractivity contribution in [3.05, 3.63) is 36.4 Å². The average molecular weight is 262 g/mol. The number of nitrogens with zero attached hydrogens (tertiary/aromatic N) is 2. The highest BCUT2D eigenvalue weighted by molar-refractivity contribution is 5.59. The van der Waals surface area contributed by atoms with Crippen LogP contribution in [0.2, 0.25) is 0 Å². The third-order valence-electron chi connectivity index (χ3n) is 2.42. The summed E-state index contributed by atoms with van der Waals surface area (Å²) in [6, 6.07) is 4.51. The first-order valence-corrected chi connectivity index (χ1v) is 5.89. The van der Waals surface area contributed by atoms with Crippen LogP contribution in [0.1, 0.15) is 6.92 Å². The second kappa shape index (κ2) is 5.99. The molecule has 0 saturated heterocycles. The molecule has 1 aromatic carbocycles. The molecule has 0 aliphatic rings.